The van der Waals surface area contributed by atoms with E-state index in [4.69, 9.17) is 0 Å². The van der Waals surface area contributed by atoms with Gasteiger partial charge in [0.2, 0.25) is 5.91 Å². The number of carbonyl (C=O) groups is 1. The summed E-state index contributed by atoms with van der Waals surface area (Å²) in [5, 5.41) is 8.50. The number of amides is 1. The number of thiophene rings is 1. The van der Waals surface area contributed by atoms with Crippen molar-refractivity contribution in [3.8, 4) is 0 Å². The van der Waals surface area contributed by atoms with Gasteiger partial charge in [-0.2, -0.15) is 5.10 Å². The Bertz CT molecular complexity index is 831. The zero-order valence-corrected chi connectivity index (χ0v) is 13.4. The lowest BCUT2D eigenvalue weighted by Crippen LogP contribution is -2.30. The molecule has 0 saturated heterocycles. The number of carbonyl (C=O) groups excluding carboxylic acids is 1. The largest absolute Gasteiger partial charge is 0.308 e. The fraction of sp³-hybridized carbons (Fsp3) is 0.400. The molecular weight excluding hydrogens is 284 g/mol. The summed E-state index contributed by atoms with van der Waals surface area (Å²) in [6.07, 6.45) is 2.56. The van der Waals surface area contributed by atoms with E-state index in [2.05, 4.69) is 15.4 Å². The van der Waals surface area contributed by atoms with E-state index in [0.717, 1.165) is 26.9 Å². The van der Waals surface area contributed by atoms with E-state index in [1.807, 2.05) is 44.6 Å². The number of hydrogen-bond donors (Lipinski definition) is 1. The molecule has 1 N–H and O–H groups in total. The van der Waals surface area contributed by atoms with Crippen LogP contribution in [0.4, 0.5) is 5.82 Å². The van der Waals surface area contributed by atoms with Crippen LogP contribution < -0.4 is 5.32 Å². The molecular formula is C15H18N4OS. The van der Waals surface area contributed by atoms with Crippen molar-refractivity contribution >= 4 is 43.5 Å². The van der Waals surface area contributed by atoms with E-state index in [1.165, 1.54) is 0 Å². The van der Waals surface area contributed by atoms with Crippen LogP contribution in [0.5, 0.6) is 0 Å². The molecule has 0 aliphatic heterocycles. The molecule has 0 aliphatic carbocycles. The first-order valence-electron chi connectivity index (χ1n) is 6.95. The lowest BCUT2D eigenvalue weighted by Gasteiger charge is -2.20. The zero-order valence-electron chi connectivity index (χ0n) is 12.6. The molecule has 110 valence electrons. The van der Waals surface area contributed by atoms with Crippen LogP contribution in [-0.4, -0.2) is 20.7 Å². The van der Waals surface area contributed by atoms with E-state index in [1.54, 1.807) is 17.5 Å². The minimum atomic E-state index is -0.404. The van der Waals surface area contributed by atoms with E-state index < -0.39 is 5.41 Å². The summed E-state index contributed by atoms with van der Waals surface area (Å²) in [5.41, 5.74) is 0.617. The maximum atomic E-state index is 12.4. The Morgan fingerprint density at radius 1 is 1.48 bits per heavy atom. The number of nitrogens with zero attached hydrogens (tertiary/aromatic N) is 3. The maximum Gasteiger partial charge on any atom is 0.231 e. The van der Waals surface area contributed by atoms with E-state index in [-0.39, 0.29) is 5.91 Å². The minimum Gasteiger partial charge on any atom is -0.308 e. The van der Waals surface area contributed by atoms with Crippen molar-refractivity contribution in [3.05, 3.63) is 18.3 Å². The van der Waals surface area contributed by atoms with Gasteiger partial charge in [-0.3, -0.25) is 9.48 Å². The van der Waals surface area contributed by atoms with E-state index in [0.29, 0.717) is 5.82 Å². The molecule has 3 rings (SSSR count). The van der Waals surface area contributed by atoms with Crippen LogP contribution in [0.25, 0.3) is 20.4 Å². The molecule has 5 nitrogen and oxygen atoms in total. The Hall–Kier alpha value is -1.95. The van der Waals surface area contributed by atoms with Crippen molar-refractivity contribution < 1.29 is 4.79 Å². The molecule has 6 heteroatoms. The number of aromatic nitrogens is 3. The number of hydrogen-bond acceptors (Lipinski definition) is 4. The molecule has 1 amide bonds. The number of pyridine rings is 1. The van der Waals surface area contributed by atoms with Crippen LogP contribution in [0.3, 0.4) is 0 Å². The summed E-state index contributed by atoms with van der Waals surface area (Å²) in [4.78, 5) is 17.7. The predicted octanol–water partition coefficient (Wildman–Crippen LogP) is 3.56. The van der Waals surface area contributed by atoms with Crippen LogP contribution in [0.2, 0.25) is 0 Å². The average Bonchev–Trinajstić information content (AvgIpc) is 2.98. The number of anilines is 1. The van der Waals surface area contributed by atoms with Crippen molar-refractivity contribution in [2.75, 3.05) is 5.32 Å². The molecule has 0 atom stereocenters. The van der Waals surface area contributed by atoms with Gasteiger partial charge in [-0.25, -0.2) is 4.98 Å². The quantitative estimate of drug-likeness (QED) is 0.804. The highest BCUT2D eigenvalue weighted by atomic mass is 32.1. The summed E-state index contributed by atoms with van der Waals surface area (Å²) in [7, 11) is 1.89. The second-order valence-electron chi connectivity index (χ2n) is 5.80. The van der Waals surface area contributed by atoms with Crippen LogP contribution >= 0.6 is 11.3 Å². The first-order chi connectivity index (χ1) is 9.94. The topological polar surface area (TPSA) is 59.8 Å². The van der Waals surface area contributed by atoms with Gasteiger partial charge in [0.15, 0.2) is 5.82 Å². The zero-order chi connectivity index (χ0) is 15.2. The first kappa shape index (κ1) is 14.0. The fourth-order valence-electron chi connectivity index (χ4n) is 2.17. The van der Waals surface area contributed by atoms with Crippen molar-refractivity contribution in [1.82, 2.24) is 14.8 Å². The lowest BCUT2D eigenvalue weighted by molar-refractivity contribution is -0.124. The van der Waals surface area contributed by atoms with Crippen LogP contribution in [0.15, 0.2) is 18.3 Å². The maximum absolute atomic E-state index is 12.4. The van der Waals surface area contributed by atoms with Crippen molar-refractivity contribution in [2.45, 2.75) is 27.2 Å². The van der Waals surface area contributed by atoms with Gasteiger partial charge in [-0.15, -0.1) is 11.3 Å². The normalized spacial score (nSPS) is 12.2. The SMILES string of the molecule is CCC(C)(C)C(=O)Nc1nn(C)c2c1sc1ncccc12. The van der Waals surface area contributed by atoms with Gasteiger partial charge in [0.1, 0.15) is 4.83 Å². The van der Waals surface area contributed by atoms with Gasteiger partial charge in [-0.1, -0.05) is 20.8 Å². The highest BCUT2D eigenvalue weighted by Gasteiger charge is 2.27. The highest BCUT2D eigenvalue weighted by Crippen LogP contribution is 2.37. The summed E-state index contributed by atoms with van der Waals surface area (Å²) < 4.78 is 2.79. The molecule has 0 saturated carbocycles. The molecule has 21 heavy (non-hydrogen) atoms. The smallest absolute Gasteiger partial charge is 0.231 e. The monoisotopic (exact) mass is 302 g/mol. The van der Waals surface area contributed by atoms with Gasteiger partial charge in [0.05, 0.1) is 10.2 Å². The number of nitrogens with one attached hydrogen (secondary N) is 1. The fourth-order valence-corrected chi connectivity index (χ4v) is 3.27. The molecule has 0 bridgehead atoms. The van der Waals surface area contributed by atoms with E-state index >= 15 is 0 Å². The Morgan fingerprint density at radius 2 is 2.24 bits per heavy atom. The molecule has 0 fully saturated rings. The highest BCUT2D eigenvalue weighted by molar-refractivity contribution is 7.26. The van der Waals surface area contributed by atoms with Gasteiger partial charge in [0, 0.05) is 24.0 Å². The predicted molar refractivity (Wildman–Crippen MR) is 86.6 cm³/mol. The van der Waals surface area contributed by atoms with Crippen molar-refractivity contribution in [1.29, 1.82) is 0 Å². The second-order valence-corrected chi connectivity index (χ2v) is 6.80. The molecule has 0 unspecified atom stereocenters. The van der Waals surface area contributed by atoms with Crippen molar-refractivity contribution in [2.24, 2.45) is 12.5 Å². The van der Waals surface area contributed by atoms with Crippen LogP contribution in [0.1, 0.15) is 27.2 Å². The van der Waals surface area contributed by atoms with Crippen molar-refractivity contribution in [3.63, 3.8) is 0 Å². The lowest BCUT2D eigenvalue weighted by atomic mass is 9.89. The van der Waals surface area contributed by atoms with Crippen LogP contribution in [0, 0.1) is 5.41 Å². The second kappa shape index (κ2) is 4.80. The number of fused-ring (bicyclic) bond motifs is 3. The third-order valence-corrected chi connectivity index (χ3v) is 5.07. The minimum absolute atomic E-state index is 0.00425. The molecule has 0 radical (unpaired) electrons. The number of aryl methyl sites for hydroxylation is 1. The Kier molecular flexibility index (Phi) is 3.20. The Morgan fingerprint density at radius 3 is 2.95 bits per heavy atom. The molecule has 3 aromatic rings. The number of rotatable bonds is 3. The third-order valence-electron chi connectivity index (χ3n) is 3.96. The standard InChI is InChI=1S/C15H18N4OS/c1-5-15(2,3)14(20)17-12-11-10(19(4)18-12)9-7-6-8-16-13(9)21-11/h6-8H,5H2,1-4H3,(H,17,18,20). The summed E-state index contributed by atoms with van der Waals surface area (Å²) in [5.74, 6) is 0.623. The van der Waals surface area contributed by atoms with Gasteiger partial charge in [-0.05, 0) is 18.6 Å². The summed E-state index contributed by atoms with van der Waals surface area (Å²) in [6.45, 7) is 5.89. The molecule has 0 aromatic carbocycles. The average molecular weight is 302 g/mol. The van der Waals surface area contributed by atoms with E-state index in [9.17, 15) is 4.79 Å². The summed E-state index contributed by atoms with van der Waals surface area (Å²) >= 11 is 1.56. The third kappa shape index (κ3) is 2.19. The Labute approximate surface area is 127 Å². The molecule has 0 aliphatic rings. The molecule has 3 heterocycles. The summed E-state index contributed by atoms with van der Waals surface area (Å²) in [6, 6.07) is 3.95. The Balaban J connectivity index is 2.10. The molecule has 3 aromatic heterocycles. The van der Waals surface area contributed by atoms with Crippen LogP contribution in [-0.2, 0) is 11.8 Å². The van der Waals surface area contributed by atoms with Gasteiger partial charge >= 0.3 is 0 Å². The first-order valence-corrected chi connectivity index (χ1v) is 7.77. The van der Waals surface area contributed by atoms with Gasteiger partial charge < -0.3 is 5.32 Å². The molecule has 0 spiro atoms. The van der Waals surface area contributed by atoms with Gasteiger partial charge in [0.25, 0.3) is 0 Å².